The zero-order valence-electron chi connectivity index (χ0n) is 39.9. The van der Waals surface area contributed by atoms with Gasteiger partial charge in [-0.05, 0) is 157 Å². The maximum atomic E-state index is 6.50. The first kappa shape index (κ1) is 41.0. The van der Waals surface area contributed by atoms with Gasteiger partial charge in [-0.2, -0.15) is 0 Å². The molecule has 3 aromatic heterocycles. The van der Waals surface area contributed by atoms with Crippen LogP contribution in [0.5, 0.6) is 0 Å². The predicted octanol–water partition coefficient (Wildman–Crippen LogP) is 19.1. The van der Waals surface area contributed by atoms with Crippen molar-refractivity contribution in [3.8, 4) is 5.69 Å². The Hall–Kier alpha value is -9.06. The smallest absolute Gasteiger partial charge is 0.137 e. The van der Waals surface area contributed by atoms with Crippen molar-refractivity contribution in [2.75, 3.05) is 9.80 Å². The van der Waals surface area contributed by atoms with Crippen molar-refractivity contribution < 1.29 is 8.83 Å². The third-order valence-electron chi connectivity index (χ3n) is 14.6. The van der Waals surface area contributed by atoms with Crippen LogP contribution in [0.2, 0.25) is 0 Å². The minimum Gasteiger partial charge on any atom is -0.456 e. The number of hydrogen-bond acceptors (Lipinski definition) is 4. The van der Waals surface area contributed by atoms with Crippen molar-refractivity contribution in [2.24, 2.45) is 0 Å². The SMILES string of the molecule is Cc1ccc(N(c2ccc3cc4c5ccc(N(c6ccc7c(c6)oc6ccccc67)c6ccc(C)cc6C)cc5n(-c5ccc6ccccc6c5)c4cc3c2)c2ccc3c(c2)oc2ccccc23)c(C)c1. The number of aryl methyl sites for hydroxylation is 4. The number of hydrogen-bond donors (Lipinski definition) is 0. The fraction of sp³-hybridized carbons (Fsp3) is 0.0606. The van der Waals surface area contributed by atoms with Crippen molar-refractivity contribution in [3.05, 3.63) is 235 Å². The minimum absolute atomic E-state index is 0.863. The van der Waals surface area contributed by atoms with Crippen LogP contribution in [0.25, 0.3) is 92.9 Å². The van der Waals surface area contributed by atoms with Crippen LogP contribution >= 0.6 is 0 Å². The van der Waals surface area contributed by atoms with Crippen LogP contribution in [0.3, 0.4) is 0 Å². The number of fused-ring (bicyclic) bond motifs is 11. The Morgan fingerprint density at radius 3 is 1.41 bits per heavy atom. The Morgan fingerprint density at radius 2 is 0.789 bits per heavy atom. The predicted molar refractivity (Wildman–Crippen MR) is 299 cm³/mol. The highest BCUT2D eigenvalue weighted by molar-refractivity contribution is 6.15. The van der Waals surface area contributed by atoms with Gasteiger partial charge >= 0.3 is 0 Å². The van der Waals surface area contributed by atoms with Gasteiger partial charge in [0.05, 0.1) is 11.0 Å². The van der Waals surface area contributed by atoms with E-state index in [9.17, 15) is 0 Å². The second-order valence-corrected chi connectivity index (χ2v) is 19.3. The molecule has 14 rings (SSSR count). The summed E-state index contributed by atoms with van der Waals surface area (Å²) in [6, 6.07) is 77.3. The normalized spacial score (nSPS) is 11.9. The Kier molecular flexibility index (Phi) is 9.08. The third kappa shape index (κ3) is 6.61. The fourth-order valence-electron chi connectivity index (χ4n) is 11.3. The van der Waals surface area contributed by atoms with Gasteiger partial charge in [0, 0.05) is 84.3 Å². The van der Waals surface area contributed by atoms with E-state index in [2.05, 4.69) is 230 Å². The molecule has 0 amide bonds. The molecular formula is C66H47N3O2. The van der Waals surface area contributed by atoms with Gasteiger partial charge in [0.25, 0.3) is 0 Å². The molecule has 0 aliphatic rings. The van der Waals surface area contributed by atoms with Gasteiger partial charge < -0.3 is 23.2 Å². The summed E-state index contributed by atoms with van der Waals surface area (Å²) >= 11 is 0. The number of para-hydroxylation sites is 2. The maximum Gasteiger partial charge on any atom is 0.137 e. The van der Waals surface area contributed by atoms with E-state index in [1.807, 2.05) is 24.3 Å². The van der Waals surface area contributed by atoms with E-state index in [4.69, 9.17) is 8.83 Å². The summed E-state index contributed by atoms with van der Waals surface area (Å²) < 4.78 is 15.4. The van der Waals surface area contributed by atoms with Crippen molar-refractivity contribution in [1.29, 1.82) is 0 Å². The average molecular weight is 914 g/mol. The molecule has 0 saturated heterocycles. The Bertz CT molecular complexity index is 4490. The van der Waals surface area contributed by atoms with Gasteiger partial charge in [0.1, 0.15) is 22.3 Å². The average Bonchev–Trinajstić information content (AvgIpc) is 4.05. The van der Waals surface area contributed by atoms with Gasteiger partial charge in [-0.15, -0.1) is 0 Å². The van der Waals surface area contributed by atoms with Crippen LogP contribution in [0.4, 0.5) is 34.1 Å². The lowest BCUT2D eigenvalue weighted by Crippen LogP contribution is -2.11. The summed E-state index contributed by atoms with van der Waals surface area (Å²) in [4.78, 5) is 4.76. The first-order chi connectivity index (χ1) is 34.8. The number of benzene rings is 11. The topological polar surface area (TPSA) is 37.7 Å². The number of furan rings is 2. The standard InChI is InChI=1S/C66H47N3O2/c1-40-17-29-59(42(3)31-40)67(51-24-27-56-54-13-7-9-15-63(54)70-65(56)38-51)48-22-20-46-35-58-53-26-23-50(37-62(53)69(61(58)36-47(46)34-48)49-21-19-44-11-5-6-12-45(44)33-49)68(60-30-18-41(2)32-43(60)4)52-25-28-57-55-14-8-10-16-64(55)71-66(57)39-52/h5-39H,1-4H3. The van der Waals surface area contributed by atoms with E-state index in [1.54, 1.807) is 0 Å². The molecule has 0 fully saturated rings. The van der Waals surface area contributed by atoms with Gasteiger partial charge in [0.15, 0.2) is 0 Å². The van der Waals surface area contributed by atoms with Crippen LogP contribution in [0, 0.1) is 27.7 Å². The number of anilines is 6. The van der Waals surface area contributed by atoms with Gasteiger partial charge in [-0.3, -0.25) is 0 Å². The second kappa shape index (κ2) is 15.7. The molecule has 0 spiro atoms. The van der Waals surface area contributed by atoms with E-state index in [-0.39, 0.29) is 0 Å². The summed E-state index contributed by atoms with van der Waals surface area (Å²) in [5, 5.41) is 11.6. The summed E-state index contributed by atoms with van der Waals surface area (Å²) in [5.74, 6) is 0. The zero-order chi connectivity index (χ0) is 47.5. The van der Waals surface area contributed by atoms with E-state index in [0.717, 1.165) is 100 Å². The molecule has 5 nitrogen and oxygen atoms in total. The lowest BCUT2D eigenvalue weighted by molar-refractivity contribution is 0.668. The second-order valence-electron chi connectivity index (χ2n) is 19.3. The molecule has 0 aliphatic carbocycles. The van der Waals surface area contributed by atoms with E-state index < -0.39 is 0 Å². The number of nitrogens with zero attached hydrogens (tertiary/aromatic N) is 3. The number of rotatable bonds is 7. The monoisotopic (exact) mass is 913 g/mol. The first-order valence-electron chi connectivity index (χ1n) is 24.4. The molecule has 338 valence electrons. The summed E-state index contributed by atoms with van der Waals surface area (Å²) in [7, 11) is 0. The molecule has 0 N–H and O–H groups in total. The highest BCUT2D eigenvalue weighted by Crippen LogP contribution is 2.45. The largest absolute Gasteiger partial charge is 0.456 e. The Morgan fingerprint density at radius 1 is 0.310 bits per heavy atom. The quantitative estimate of drug-likeness (QED) is 0.160. The van der Waals surface area contributed by atoms with Crippen LogP contribution in [-0.4, -0.2) is 4.57 Å². The van der Waals surface area contributed by atoms with Crippen molar-refractivity contribution in [2.45, 2.75) is 27.7 Å². The molecule has 0 unspecified atom stereocenters. The molecule has 3 heterocycles. The Labute approximate surface area is 410 Å². The zero-order valence-corrected chi connectivity index (χ0v) is 39.9. The summed E-state index contributed by atoms with van der Waals surface area (Å²) in [6.07, 6.45) is 0. The van der Waals surface area contributed by atoms with E-state index in [1.165, 1.54) is 49.2 Å². The van der Waals surface area contributed by atoms with E-state index in [0.29, 0.717) is 0 Å². The summed E-state index contributed by atoms with van der Waals surface area (Å²) in [5.41, 5.74) is 18.2. The summed E-state index contributed by atoms with van der Waals surface area (Å²) in [6.45, 7) is 8.72. The highest BCUT2D eigenvalue weighted by atomic mass is 16.3. The molecule has 0 atom stereocenters. The molecule has 0 bridgehead atoms. The van der Waals surface area contributed by atoms with E-state index >= 15 is 0 Å². The molecule has 0 aliphatic heterocycles. The van der Waals surface area contributed by atoms with Crippen LogP contribution < -0.4 is 9.80 Å². The lowest BCUT2D eigenvalue weighted by Gasteiger charge is -2.27. The molecule has 11 aromatic carbocycles. The third-order valence-corrected chi connectivity index (χ3v) is 14.6. The highest BCUT2D eigenvalue weighted by Gasteiger charge is 2.23. The Balaban J connectivity index is 0.991. The molecular weight excluding hydrogens is 867 g/mol. The van der Waals surface area contributed by atoms with Crippen molar-refractivity contribution in [1.82, 2.24) is 4.57 Å². The van der Waals surface area contributed by atoms with Gasteiger partial charge in [0.2, 0.25) is 0 Å². The molecule has 5 heteroatoms. The molecule has 0 radical (unpaired) electrons. The lowest BCUT2D eigenvalue weighted by atomic mass is 10.0. The van der Waals surface area contributed by atoms with Crippen molar-refractivity contribution in [3.63, 3.8) is 0 Å². The fourth-order valence-corrected chi connectivity index (χ4v) is 11.3. The maximum absolute atomic E-state index is 6.50. The van der Waals surface area contributed by atoms with Gasteiger partial charge in [-0.25, -0.2) is 0 Å². The first-order valence-corrected chi connectivity index (χ1v) is 24.4. The van der Waals surface area contributed by atoms with Gasteiger partial charge in [-0.1, -0.05) is 114 Å². The molecule has 0 saturated carbocycles. The van der Waals surface area contributed by atoms with Crippen LogP contribution in [0.1, 0.15) is 22.3 Å². The van der Waals surface area contributed by atoms with Crippen molar-refractivity contribution >= 4 is 121 Å². The van der Waals surface area contributed by atoms with Crippen LogP contribution in [0.15, 0.2) is 221 Å². The minimum atomic E-state index is 0.863. The number of aromatic nitrogens is 1. The molecule has 14 aromatic rings. The van der Waals surface area contributed by atoms with Crippen LogP contribution in [-0.2, 0) is 0 Å². The molecule has 71 heavy (non-hydrogen) atoms.